The number of primary amides is 1. The van der Waals surface area contributed by atoms with Gasteiger partial charge in [-0.25, -0.2) is 4.79 Å². The van der Waals surface area contributed by atoms with Gasteiger partial charge in [0.25, 0.3) is 0 Å². The number of nitrogens with one attached hydrogen (secondary N) is 1. The smallest absolute Gasteiger partial charge is 0.416 e. The van der Waals surface area contributed by atoms with Crippen molar-refractivity contribution in [1.82, 2.24) is 4.90 Å². The largest absolute Gasteiger partial charge is 0.457 e. The first-order valence-corrected chi connectivity index (χ1v) is 10.9. The molecular weight excluding hydrogens is 451 g/mol. The highest BCUT2D eigenvalue weighted by Gasteiger charge is 2.35. The molecule has 0 unspecified atom stereocenters. The van der Waals surface area contributed by atoms with Crippen molar-refractivity contribution in [2.24, 2.45) is 11.7 Å². The standard InChI is InChI=1S/C24H28F3N3O4/c1-15(2)14-23(33)7-9-30(10-8-23)22(32)29-18-11-17(24(25,26)27)12-20(13-18)34-19-5-3-16(4-6-19)21(28)31/h3-6,11-13,15,33H,7-10,14H2,1-2H3,(H2,28,31)(H,29,32). The van der Waals surface area contributed by atoms with Crippen molar-refractivity contribution in [2.75, 3.05) is 18.4 Å². The quantitative estimate of drug-likeness (QED) is 0.542. The number of likely N-dealkylation sites (tertiary alicyclic amines) is 1. The molecule has 1 fully saturated rings. The van der Waals surface area contributed by atoms with Crippen LogP contribution in [-0.2, 0) is 6.18 Å². The van der Waals surface area contributed by atoms with Gasteiger partial charge < -0.3 is 25.8 Å². The van der Waals surface area contributed by atoms with Gasteiger partial charge in [-0.1, -0.05) is 13.8 Å². The number of anilines is 1. The average Bonchev–Trinajstić information content (AvgIpc) is 2.73. The molecule has 4 N–H and O–H groups in total. The zero-order chi connectivity index (χ0) is 25.1. The number of urea groups is 1. The summed E-state index contributed by atoms with van der Waals surface area (Å²) in [5, 5.41) is 13.2. The van der Waals surface area contributed by atoms with E-state index in [9.17, 15) is 27.9 Å². The van der Waals surface area contributed by atoms with E-state index in [-0.39, 0.29) is 22.7 Å². The molecule has 10 heteroatoms. The third kappa shape index (κ3) is 6.63. The number of carbonyl (C=O) groups is 2. The van der Waals surface area contributed by atoms with Crippen molar-refractivity contribution in [3.63, 3.8) is 0 Å². The van der Waals surface area contributed by atoms with E-state index in [1.807, 2.05) is 13.8 Å². The summed E-state index contributed by atoms with van der Waals surface area (Å²) < 4.78 is 45.9. The Morgan fingerprint density at radius 2 is 1.74 bits per heavy atom. The molecule has 0 aliphatic carbocycles. The Morgan fingerprint density at radius 3 is 2.26 bits per heavy atom. The molecule has 34 heavy (non-hydrogen) atoms. The molecule has 2 aromatic carbocycles. The van der Waals surface area contributed by atoms with Crippen molar-refractivity contribution in [1.29, 1.82) is 0 Å². The van der Waals surface area contributed by atoms with Gasteiger partial charge in [-0.2, -0.15) is 13.2 Å². The topological polar surface area (TPSA) is 105 Å². The summed E-state index contributed by atoms with van der Waals surface area (Å²) in [6, 6.07) is 7.99. The molecule has 1 aliphatic rings. The molecule has 3 amide bonds. The fourth-order valence-electron chi connectivity index (χ4n) is 4.01. The molecular formula is C24H28F3N3O4. The number of hydrogen-bond donors (Lipinski definition) is 3. The number of nitrogens with two attached hydrogens (primary N) is 1. The number of halogens is 3. The van der Waals surface area contributed by atoms with Crippen LogP contribution in [0.15, 0.2) is 42.5 Å². The summed E-state index contributed by atoms with van der Waals surface area (Å²) in [4.78, 5) is 25.4. The predicted molar refractivity (Wildman–Crippen MR) is 121 cm³/mol. The van der Waals surface area contributed by atoms with Crippen LogP contribution in [0.2, 0.25) is 0 Å². The Kier molecular flexibility index (Phi) is 7.40. The maximum absolute atomic E-state index is 13.5. The Morgan fingerprint density at radius 1 is 1.12 bits per heavy atom. The summed E-state index contributed by atoms with van der Waals surface area (Å²) in [7, 11) is 0. The highest BCUT2D eigenvalue weighted by Crippen LogP contribution is 2.36. The van der Waals surface area contributed by atoms with Crippen LogP contribution >= 0.6 is 0 Å². The normalized spacial score (nSPS) is 15.8. The fraction of sp³-hybridized carbons (Fsp3) is 0.417. The SMILES string of the molecule is CC(C)CC1(O)CCN(C(=O)Nc2cc(Oc3ccc(C(N)=O)cc3)cc(C(F)(F)F)c2)CC1. The molecule has 0 radical (unpaired) electrons. The van der Waals surface area contributed by atoms with Crippen LogP contribution in [0.4, 0.5) is 23.7 Å². The van der Waals surface area contributed by atoms with Crippen LogP contribution in [0.25, 0.3) is 0 Å². The lowest BCUT2D eigenvalue weighted by Gasteiger charge is -2.39. The van der Waals surface area contributed by atoms with Gasteiger partial charge >= 0.3 is 12.2 Å². The molecule has 0 saturated carbocycles. The first-order valence-electron chi connectivity index (χ1n) is 10.9. The number of piperidine rings is 1. The van der Waals surface area contributed by atoms with Crippen LogP contribution < -0.4 is 15.8 Å². The maximum atomic E-state index is 13.5. The summed E-state index contributed by atoms with van der Waals surface area (Å²) >= 11 is 0. The molecule has 1 heterocycles. The number of aliphatic hydroxyl groups is 1. The van der Waals surface area contributed by atoms with E-state index in [0.717, 1.165) is 12.1 Å². The second-order valence-electron chi connectivity index (χ2n) is 8.97. The van der Waals surface area contributed by atoms with E-state index in [1.54, 1.807) is 0 Å². The second-order valence-corrected chi connectivity index (χ2v) is 8.97. The monoisotopic (exact) mass is 479 g/mol. The number of hydrogen-bond acceptors (Lipinski definition) is 4. The molecule has 2 aromatic rings. The van der Waals surface area contributed by atoms with Crippen molar-refractivity contribution in [3.8, 4) is 11.5 Å². The van der Waals surface area contributed by atoms with E-state index in [4.69, 9.17) is 10.5 Å². The number of ether oxygens (including phenoxy) is 1. The highest BCUT2D eigenvalue weighted by atomic mass is 19.4. The van der Waals surface area contributed by atoms with E-state index < -0.39 is 29.3 Å². The zero-order valence-electron chi connectivity index (χ0n) is 19.0. The minimum atomic E-state index is -4.66. The average molecular weight is 479 g/mol. The van der Waals surface area contributed by atoms with Gasteiger partial charge in [0.1, 0.15) is 11.5 Å². The van der Waals surface area contributed by atoms with Gasteiger partial charge in [-0.05, 0) is 61.6 Å². The molecule has 0 aromatic heterocycles. The third-order valence-corrected chi connectivity index (χ3v) is 5.63. The van der Waals surface area contributed by atoms with E-state index >= 15 is 0 Å². The number of alkyl halides is 3. The van der Waals surface area contributed by atoms with Crippen LogP contribution in [0.3, 0.4) is 0 Å². The van der Waals surface area contributed by atoms with E-state index in [1.165, 1.54) is 35.2 Å². The van der Waals surface area contributed by atoms with Crippen molar-refractivity contribution >= 4 is 17.6 Å². The van der Waals surface area contributed by atoms with Crippen LogP contribution in [0.1, 0.15) is 49.0 Å². The number of rotatable bonds is 6. The van der Waals surface area contributed by atoms with Crippen LogP contribution in [-0.4, -0.2) is 40.6 Å². The predicted octanol–water partition coefficient (Wildman–Crippen LogP) is 5.00. The molecule has 1 saturated heterocycles. The second kappa shape index (κ2) is 9.92. The lowest BCUT2D eigenvalue weighted by molar-refractivity contribution is -0.137. The molecule has 0 bridgehead atoms. The Hall–Kier alpha value is -3.27. The van der Waals surface area contributed by atoms with Crippen LogP contribution in [0, 0.1) is 5.92 Å². The number of amides is 3. The van der Waals surface area contributed by atoms with Crippen molar-refractivity contribution in [3.05, 3.63) is 53.6 Å². The summed E-state index contributed by atoms with van der Waals surface area (Å²) in [6.07, 6.45) is -3.24. The number of benzene rings is 2. The molecule has 1 aliphatic heterocycles. The van der Waals surface area contributed by atoms with Crippen molar-refractivity contribution in [2.45, 2.75) is 44.9 Å². The minimum absolute atomic E-state index is 0.0772. The van der Waals surface area contributed by atoms with Gasteiger partial charge in [-0.3, -0.25) is 4.79 Å². The minimum Gasteiger partial charge on any atom is -0.457 e. The number of carbonyl (C=O) groups excluding carboxylic acids is 2. The van der Waals surface area contributed by atoms with Gasteiger partial charge in [0.05, 0.1) is 11.2 Å². The Labute approximate surface area is 195 Å². The maximum Gasteiger partial charge on any atom is 0.416 e. The fourth-order valence-corrected chi connectivity index (χ4v) is 4.01. The first kappa shape index (κ1) is 25.4. The van der Waals surface area contributed by atoms with E-state index in [2.05, 4.69) is 5.32 Å². The molecule has 0 spiro atoms. The highest BCUT2D eigenvalue weighted by molar-refractivity contribution is 5.92. The molecule has 7 nitrogen and oxygen atoms in total. The third-order valence-electron chi connectivity index (χ3n) is 5.63. The van der Waals surface area contributed by atoms with Gasteiger partial charge in [0.15, 0.2) is 0 Å². The lowest BCUT2D eigenvalue weighted by Crippen LogP contribution is -2.48. The number of nitrogens with zero attached hydrogens (tertiary/aromatic N) is 1. The van der Waals surface area contributed by atoms with Gasteiger partial charge in [0, 0.05) is 30.4 Å². The summed E-state index contributed by atoms with van der Waals surface area (Å²) in [6.45, 7) is 4.61. The van der Waals surface area contributed by atoms with Gasteiger partial charge in [-0.15, -0.1) is 0 Å². The van der Waals surface area contributed by atoms with Crippen LogP contribution in [0.5, 0.6) is 11.5 Å². The Bertz CT molecular complexity index is 1030. The first-order chi connectivity index (χ1) is 15.8. The summed E-state index contributed by atoms with van der Waals surface area (Å²) in [5.74, 6) is -0.277. The van der Waals surface area contributed by atoms with E-state index in [0.29, 0.717) is 38.3 Å². The van der Waals surface area contributed by atoms with Gasteiger partial charge in [0.2, 0.25) is 5.91 Å². The Balaban J connectivity index is 1.74. The molecule has 3 rings (SSSR count). The zero-order valence-corrected chi connectivity index (χ0v) is 19.0. The van der Waals surface area contributed by atoms with Crippen molar-refractivity contribution < 1.29 is 32.6 Å². The molecule has 0 atom stereocenters. The summed E-state index contributed by atoms with van der Waals surface area (Å²) in [5.41, 5.74) is 3.51. The lowest BCUT2D eigenvalue weighted by atomic mass is 9.84. The molecule has 184 valence electrons.